The lowest BCUT2D eigenvalue weighted by Gasteiger charge is -2.15. The fourth-order valence-corrected chi connectivity index (χ4v) is 1.39. The smallest absolute Gasteiger partial charge is 0.335 e. The normalized spacial score (nSPS) is 13.7. The molecule has 18 heavy (non-hydrogen) atoms. The fraction of sp³-hybridized carbons (Fsp3) is 0.429. The van der Waals surface area contributed by atoms with Crippen molar-refractivity contribution in [1.82, 2.24) is 0 Å². The van der Waals surface area contributed by atoms with E-state index >= 15 is 0 Å². The molecule has 0 aliphatic rings. The number of carbonyl (C=O) groups excluding carboxylic acids is 2. The van der Waals surface area contributed by atoms with E-state index in [1.807, 2.05) is 6.92 Å². The first kappa shape index (κ1) is 14.4. The Labute approximate surface area is 107 Å². The molecule has 2 atom stereocenters. The van der Waals surface area contributed by atoms with Crippen molar-refractivity contribution in [2.24, 2.45) is 5.92 Å². The Morgan fingerprint density at radius 2 is 1.89 bits per heavy atom. The van der Waals surface area contributed by atoms with Gasteiger partial charge in [-0.15, -0.1) is 0 Å². The third-order valence-electron chi connectivity index (χ3n) is 2.87. The molecule has 0 saturated heterocycles. The van der Waals surface area contributed by atoms with Crippen molar-refractivity contribution in [3.63, 3.8) is 0 Å². The van der Waals surface area contributed by atoms with Crippen LogP contribution in [0.3, 0.4) is 0 Å². The first-order valence-corrected chi connectivity index (χ1v) is 5.99. The molecule has 1 aromatic rings. The van der Waals surface area contributed by atoms with Gasteiger partial charge in [0.25, 0.3) is 0 Å². The van der Waals surface area contributed by atoms with Crippen LogP contribution in [0.1, 0.15) is 30.6 Å². The minimum Gasteiger partial charge on any atom is -0.455 e. The summed E-state index contributed by atoms with van der Waals surface area (Å²) < 4.78 is 4.80. The highest BCUT2D eigenvalue weighted by Crippen LogP contribution is 2.09. The molecule has 0 amide bonds. The third kappa shape index (κ3) is 3.96. The SMILES string of the molecule is CCC(C)C(O)C(=O)OCC(=O)c1ccccc1. The second-order valence-corrected chi connectivity index (χ2v) is 4.23. The summed E-state index contributed by atoms with van der Waals surface area (Å²) in [6.45, 7) is 3.29. The first-order chi connectivity index (χ1) is 8.56. The van der Waals surface area contributed by atoms with Crippen LogP contribution < -0.4 is 0 Å². The van der Waals surface area contributed by atoms with Gasteiger partial charge in [0.15, 0.2) is 18.5 Å². The summed E-state index contributed by atoms with van der Waals surface area (Å²) in [5, 5.41) is 9.58. The van der Waals surface area contributed by atoms with Crippen LogP contribution in [-0.2, 0) is 9.53 Å². The van der Waals surface area contributed by atoms with Gasteiger partial charge in [-0.2, -0.15) is 0 Å². The number of aliphatic hydroxyl groups excluding tert-OH is 1. The topological polar surface area (TPSA) is 63.6 Å². The van der Waals surface area contributed by atoms with E-state index in [1.165, 1.54) is 0 Å². The lowest BCUT2D eigenvalue weighted by atomic mass is 10.0. The molecule has 0 aromatic heterocycles. The molecule has 0 spiro atoms. The van der Waals surface area contributed by atoms with Crippen molar-refractivity contribution in [3.8, 4) is 0 Å². The Morgan fingerprint density at radius 1 is 1.28 bits per heavy atom. The van der Waals surface area contributed by atoms with E-state index < -0.39 is 12.1 Å². The number of rotatable bonds is 6. The Kier molecular flexibility index (Phi) is 5.52. The van der Waals surface area contributed by atoms with Gasteiger partial charge in [-0.25, -0.2) is 4.79 Å². The minimum atomic E-state index is -1.17. The highest BCUT2D eigenvalue weighted by molar-refractivity contribution is 5.98. The summed E-state index contributed by atoms with van der Waals surface area (Å²) in [6, 6.07) is 8.59. The summed E-state index contributed by atoms with van der Waals surface area (Å²) in [6.07, 6.45) is -0.498. The Balaban J connectivity index is 2.46. The van der Waals surface area contributed by atoms with Crippen molar-refractivity contribution in [2.45, 2.75) is 26.4 Å². The van der Waals surface area contributed by atoms with Crippen LogP contribution >= 0.6 is 0 Å². The number of Topliss-reactive ketones (excluding diaryl/α,β-unsaturated/α-hetero) is 1. The molecule has 2 unspecified atom stereocenters. The van der Waals surface area contributed by atoms with E-state index in [9.17, 15) is 14.7 Å². The van der Waals surface area contributed by atoms with E-state index in [2.05, 4.69) is 0 Å². The van der Waals surface area contributed by atoms with Crippen molar-refractivity contribution >= 4 is 11.8 Å². The number of ether oxygens (including phenoxy) is 1. The van der Waals surface area contributed by atoms with Gasteiger partial charge in [0.05, 0.1) is 0 Å². The van der Waals surface area contributed by atoms with Gasteiger partial charge in [-0.3, -0.25) is 4.79 Å². The van der Waals surface area contributed by atoms with Crippen molar-refractivity contribution in [2.75, 3.05) is 6.61 Å². The zero-order valence-corrected chi connectivity index (χ0v) is 10.6. The molecule has 0 heterocycles. The number of ketones is 1. The summed E-state index contributed by atoms with van der Waals surface area (Å²) in [4.78, 5) is 23.1. The number of hydrogen-bond acceptors (Lipinski definition) is 4. The lowest BCUT2D eigenvalue weighted by Crippen LogP contribution is -2.30. The molecule has 0 saturated carbocycles. The molecule has 4 heteroatoms. The molecule has 0 fully saturated rings. The molecule has 1 N–H and O–H groups in total. The summed E-state index contributed by atoms with van der Waals surface area (Å²) in [5.41, 5.74) is 0.489. The molecule has 0 aliphatic heterocycles. The average molecular weight is 250 g/mol. The predicted octanol–water partition coefficient (Wildman–Crippen LogP) is 1.82. The molecule has 0 radical (unpaired) electrons. The largest absolute Gasteiger partial charge is 0.455 e. The lowest BCUT2D eigenvalue weighted by molar-refractivity contribution is -0.155. The molecule has 1 rings (SSSR count). The number of hydrogen-bond donors (Lipinski definition) is 1. The van der Waals surface area contributed by atoms with Gasteiger partial charge in [-0.05, 0) is 5.92 Å². The Hall–Kier alpha value is -1.68. The van der Waals surface area contributed by atoms with Crippen LogP contribution in [0.2, 0.25) is 0 Å². The van der Waals surface area contributed by atoms with Crippen molar-refractivity contribution in [1.29, 1.82) is 0 Å². The summed E-state index contributed by atoms with van der Waals surface area (Å²) in [5.74, 6) is -1.20. The van der Waals surface area contributed by atoms with Crippen LogP contribution in [0.5, 0.6) is 0 Å². The predicted molar refractivity (Wildman–Crippen MR) is 67.2 cm³/mol. The molecular weight excluding hydrogens is 232 g/mol. The van der Waals surface area contributed by atoms with Gasteiger partial charge in [0.1, 0.15) is 0 Å². The second kappa shape index (κ2) is 6.91. The van der Waals surface area contributed by atoms with Gasteiger partial charge in [-0.1, -0.05) is 50.6 Å². The minimum absolute atomic E-state index is 0.177. The maximum atomic E-state index is 11.7. The van der Waals surface area contributed by atoms with Crippen molar-refractivity contribution < 1.29 is 19.4 Å². The van der Waals surface area contributed by atoms with Gasteiger partial charge in [0, 0.05) is 5.56 Å². The molecule has 0 bridgehead atoms. The maximum Gasteiger partial charge on any atom is 0.335 e. The van der Waals surface area contributed by atoms with Crippen LogP contribution in [0.15, 0.2) is 30.3 Å². The molecular formula is C14H18O4. The number of carbonyl (C=O) groups is 2. The second-order valence-electron chi connectivity index (χ2n) is 4.23. The highest BCUT2D eigenvalue weighted by atomic mass is 16.5. The summed E-state index contributed by atoms with van der Waals surface area (Å²) in [7, 11) is 0. The number of esters is 1. The average Bonchev–Trinajstić information content (AvgIpc) is 2.43. The molecule has 1 aromatic carbocycles. The van der Waals surface area contributed by atoms with Crippen LogP contribution in [0.25, 0.3) is 0 Å². The highest BCUT2D eigenvalue weighted by Gasteiger charge is 2.23. The van der Waals surface area contributed by atoms with Gasteiger partial charge in [0.2, 0.25) is 0 Å². The van der Waals surface area contributed by atoms with E-state index in [-0.39, 0.29) is 18.3 Å². The number of benzene rings is 1. The molecule has 98 valence electrons. The number of aliphatic hydroxyl groups is 1. The van der Waals surface area contributed by atoms with E-state index in [1.54, 1.807) is 37.3 Å². The first-order valence-electron chi connectivity index (χ1n) is 5.99. The van der Waals surface area contributed by atoms with Gasteiger partial charge < -0.3 is 9.84 Å². The quantitative estimate of drug-likeness (QED) is 0.618. The Morgan fingerprint density at radius 3 is 2.44 bits per heavy atom. The van der Waals surface area contributed by atoms with Crippen LogP contribution in [-0.4, -0.2) is 29.6 Å². The fourth-order valence-electron chi connectivity index (χ4n) is 1.39. The zero-order chi connectivity index (χ0) is 13.5. The van der Waals surface area contributed by atoms with Crippen LogP contribution in [0, 0.1) is 5.92 Å². The van der Waals surface area contributed by atoms with E-state index in [0.717, 1.165) is 0 Å². The maximum absolute atomic E-state index is 11.7. The summed E-state index contributed by atoms with van der Waals surface area (Å²) >= 11 is 0. The Bertz CT molecular complexity index is 400. The molecule has 4 nitrogen and oxygen atoms in total. The third-order valence-corrected chi connectivity index (χ3v) is 2.87. The van der Waals surface area contributed by atoms with E-state index in [0.29, 0.717) is 12.0 Å². The monoisotopic (exact) mass is 250 g/mol. The standard InChI is InChI=1S/C14H18O4/c1-3-10(2)13(16)14(17)18-9-12(15)11-7-5-4-6-8-11/h4-8,10,13,16H,3,9H2,1-2H3. The van der Waals surface area contributed by atoms with Crippen molar-refractivity contribution in [3.05, 3.63) is 35.9 Å². The zero-order valence-electron chi connectivity index (χ0n) is 10.6. The van der Waals surface area contributed by atoms with Gasteiger partial charge >= 0.3 is 5.97 Å². The molecule has 0 aliphatic carbocycles. The van der Waals surface area contributed by atoms with Crippen LogP contribution in [0.4, 0.5) is 0 Å². The van der Waals surface area contributed by atoms with E-state index in [4.69, 9.17) is 4.74 Å².